The zero-order valence-corrected chi connectivity index (χ0v) is 15.3. The van der Waals surface area contributed by atoms with Crippen LogP contribution in [0.15, 0.2) is 28.8 Å². The van der Waals surface area contributed by atoms with Crippen molar-refractivity contribution in [3.05, 3.63) is 35.8 Å². The number of nitrogens with one attached hydrogen (secondary N) is 1. The third-order valence-electron chi connectivity index (χ3n) is 4.65. The maximum Gasteiger partial charge on any atom is 0.387 e. The van der Waals surface area contributed by atoms with Gasteiger partial charge in [0.2, 0.25) is 0 Å². The summed E-state index contributed by atoms with van der Waals surface area (Å²) in [5.41, 5.74) is 1.81. The van der Waals surface area contributed by atoms with E-state index < -0.39 is 6.61 Å². The molecular formula is C17H19F2N7O2. The van der Waals surface area contributed by atoms with E-state index in [0.717, 1.165) is 19.6 Å². The van der Waals surface area contributed by atoms with E-state index in [1.165, 1.54) is 12.1 Å². The van der Waals surface area contributed by atoms with E-state index in [1.807, 2.05) is 14.0 Å². The first-order chi connectivity index (χ1) is 13.5. The Morgan fingerprint density at radius 3 is 2.79 bits per heavy atom. The Morgan fingerprint density at radius 2 is 2.07 bits per heavy atom. The molecule has 28 heavy (non-hydrogen) atoms. The molecule has 1 fully saturated rings. The van der Waals surface area contributed by atoms with Gasteiger partial charge in [-0.3, -0.25) is 4.90 Å². The number of likely N-dealkylation sites (N-methyl/N-ethyl adjacent to an activating group) is 1. The number of aromatic nitrogens is 5. The van der Waals surface area contributed by atoms with Crippen LogP contribution in [0.5, 0.6) is 5.75 Å². The fourth-order valence-electron chi connectivity index (χ4n) is 3.10. The van der Waals surface area contributed by atoms with Crippen LogP contribution in [0.2, 0.25) is 0 Å². The van der Waals surface area contributed by atoms with Crippen molar-refractivity contribution >= 4 is 0 Å². The molecule has 9 nitrogen and oxygen atoms in total. The molecule has 148 valence electrons. The van der Waals surface area contributed by atoms with Gasteiger partial charge in [-0.1, -0.05) is 10.4 Å². The summed E-state index contributed by atoms with van der Waals surface area (Å²) in [4.78, 5) is 6.66. The van der Waals surface area contributed by atoms with Gasteiger partial charge >= 0.3 is 6.61 Å². The second-order valence-electron chi connectivity index (χ2n) is 6.47. The van der Waals surface area contributed by atoms with Gasteiger partial charge in [0.1, 0.15) is 5.75 Å². The molecule has 1 aliphatic heterocycles. The first-order valence-corrected chi connectivity index (χ1v) is 8.75. The summed E-state index contributed by atoms with van der Waals surface area (Å²) in [7, 11) is 2.02. The maximum atomic E-state index is 12.3. The number of ether oxygens (including phenoxy) is 1. The Labute approximate surface area is 159 Å². The van der Waals surface area contributed by atoms with E-state index in [0.29, 0.717) is 22.9 Å². The Hall–Kier alpha value is -2.92. The molecule has 4 rings (SSSR count). The van der Waals surface area contributed by atoms with Gasteiger partial charge in [0.05, 0.1) is 17.4 Å². The highest BCUT2D eigenvalue weighted by Gasteiger charge is 2.27. The van der Waals surface area contributed by atoms with Gasteiger partial charge in [-0.15, -0.1) is 5.10 Å². The van der Waals surface area contributed by atoms with Crippen molar-refractivity contribution in [1.82, 2.24) is 35.4 Å². The Morgan fingerprint density at radius 1 is 1.29 bits per heavy atom. The Kier molecular flexibility index (Phi) is 5.01. The number of nitrogens with zero attached hydrogens (tertiary/aromatic N) is 6. The molecule has 1 saturated heterocycles. The van der Waals surface area contributed by atoms with Crippen LogP contribution < -0.4 is 10.1 Å². The molecule has 1 aliphatic rings. The van der Waals surface area contributed by atoms with Crippen LogP contribution in [0.25, 0.3) is 17.3 Å². The molecule has 1 aromatic carbocycles. The van der Waals surface area contributed by atoms with E-state index in [4.69, 9.17) is 4.52 Å². The number of hydrogen-bond acceptors (Lipinski definition) is 8. The third kappa shape index (κ3) is 3.58. The number of hydrogen-bond donors (Lipinski definition) is 1. The van der Waals surface area contributed by atoms with E-state index >= 15 is 0 Å². The Bertz CT molecular complexity index is 941. The normalized spacial score (nSPS) is 18.0. The molecule has 3 heterocycles. The molecule has 11 heteroatoms. The second-order valence-corrected chi connectivity index (χ2v) is 6.47. The lowest BCUT2D eigenvalue weighted by atomic mass is 10.2. The summed E-state index contributed by atoms with van der Waals surface area (Å²) in [6.07, 6.45) is 0. The average molecular weight is 391 g/mol. The summed E-state index contributed by atoms with van der Waals surface area (Å²) in [5.74, 6) is 0.950. The monoisotopic (exact) mass is 391 g/mol. The minimum absolute atomic E-state index is 0.0315. The lowest BCUT2D eigenvalue weighted by Crippen LogP contribution is -2.44. The lowest BCUT2D eigenvalue weighted by molar-refractivity contribution is -0.0498. The third-order valence-corrected chi connectivity index (χ3v) is 4.65. The topological polar surface area (TPSA) is 94.1 Å². The molecule has 0 saturated carbocycles. The zero-order chi connectivity index (χ0) is 19.7. The first-order valence-electron chi connectivity index (χ1n) is 8.75. The average Bonchev–Trinajstić information content (AvgIpc) is 3.29. The Balaban J connectivity index is 1.57. The number of benzene rings is 1. The molecule has 1 atom stereocenters. The van der Waals surface area contributed by atoms with Crippen LogP contribution in [-0.4, -0.2) is 63.3 Å². The molecule has 0 aliphatic carbocycles. The van der Waals surface area contributed by atoms with Gasteiger partial charge in [0.15, 0.2) is 11.5 Å². The van der Waals surface area contributed by atoms with Crippen LogP contribution in [0, 0.1) is 6.92 Å². The van der Waals surface area contributed by atoms with Gasteiger partial charge in [0, 0.05) is 19.6 Å². The smallest absolute Gasteiger partial charge is 0.387 e. The summed E-state index contributed by atoms with van der Waals surface area (Å²) in [5, 5.41) is 15.7. The minimum atomic E-state index is -2.87. The fraction of sp³-hybridized carbons (Fsp3) is 0.412. The SMILES string of the molecule is Cc1c(-c2nc(C3CNCCN3C)no2)nnn1-c1ccc(OC(F)F)cc1. The van der Waals surface area contributed by atoms with Crippen molar-refractivity contribution in [2.75, 3.05) is 26.7 Å². The highest BCUT2D eigenvalue weighted by Crippen LogP contribution is 2.25. The minimum Gasteiger partial charge on any atom is -0.435 e. The molecule has 3 aromatic rings. The molecular weight excluding hydrogens is 372 g/mol. The van der Waals surface area contributed by atoms with Crippen LogP contribution in [0.1, 0.15) is 17.6 Å². The molecule has 0 spiro atoms. The van der Waals surface area contributed by atoms with Crippen molar-refractivity contribution in [3.8, 4) is 23.0 Å². The van der Waals surface area contributed by atoms with E-state index in [-0.39, 0.29) is 17.7 Å². The van der Waals surface area contributed by atoms with Crippen molar-refractivity contribution in [3.63, 3.8) is 0 Å². The van der Waals surface area contributed by atoms with Crippen molar-refractivity contribution in [1.29, 1.82) is 0 Å². The molecule has 1 unspecified atom stereocenters. The van der Waals surface area contributed by atoms with Crippen molar-refractivity contribution < 1.29 is 18.0 Å². The van der Waals surface area contributed by atoms with Gasteiger partial charge in [0.25, 0.3) is 5.89 Å². The van der Waals surface area contributed by atoms with Crippen LogP contribution in [-0.2, 0) is 0 Å². The summed E-state index contributed by atoms with van der Waals surface area (Å²) >= 11 is 0. The van der Waals surface area contributed by atoms with Gasteiger partial charge in [-0.05, 0) is 38.2 Å². The van der Waals surface area contributed by atoms with E-state index in [2.05, 4.69) is 35.4 Å². The van der Waals surface area contributed by atoms with Gasteiger partial charge < -0.3 is 14.6 Å². The lowest BCUT2D eigenvalue weighted by Gasteiger charge is -2.30. The van der Waals surface area contributed by atoms with Crippen molar-refractivity contribution in [2.45, 2.75) is 19.6 Å². The number of alkyl halides is 2. The summed E-state index contributed by atoms with van der Waals surface area (Å²) < 4.78 is 35.9. The van der Waals surface area contributed by atoms with Crippen molar-refractivity contribution in [2.24, 2.45) is 0 Å². The molecule has 2 aromatic heterocycles. The first kappa shape index (κ1) is 18.4. The number of rotatable bonds is 5. The van der Waals surface area contributed by atoms with Crippen LogP contribution in [0.4, 0.5) is 8.78 Å². The largest absolute Gasteiger partial charge is 0.435 e. The fourth-order valence-corrected chi connectivity index (χ4v) is 3.10. The molecule has 0 bridgehead atoms. The van der Waals surface area contributed by atoms with Crippen LogP contribution >= 0.6 is 0 Å². The van der Waals surface area contributed by atoms with Gasteiger partial charge in [-0.25, -0.2) is 4.68 Å². The predicted molar refractivity (Wildman–Crippen MR) is 94.3 cm³/mol. The molecule has 0 radical (unpaired) electrons. The summed E-state index contributed by atoms with van der Waals surface area (Å²) in [6.45, 7) is 1.52. The van der Waals surface area contributed by atoms with E-state index in [9.17, 15) is 8.78 Å². The number of piperazine rings is 1. The van der Waals surface area contributed by atoms with E-state index in [1.54, 1.807) is 16.8 Å². The molecule has 1 N–H and O–H groups in total. The highest BCUT2D eigenvalue weighted by atomic mass is 19.3. The zero-order valence-electron chi connectivity index (χ0n) is 15.3. The second kappa shape index (κ2) is 7.60. The molecule has 0 amide bonds. The highest BCUT2D eigenvalue weighted by molar-refractivity contribution is 5.51. The maximum absolute atomic E-state index is 12.3. The van der Waals surface area contributed by atoms with Gasteiger partial charge in [-0.2, -0.15) is 13.8 Å². The summed E-state index contributed by atoms with van der Waals surface area (Å²) in [6, 6.07) is 6.15. The predicted octanol–water partition coefficient (Wildman–Crippen LogP) is 1.80. The quantitative estimate of drug-likeness (QED) is 0.704. The number of halogens is 2. The standard InChI is InChI=1S/C17H19F2N7O2/c1-10-14(16-21-15(23-28-16)13-9-20-7-8-25(13)2)22-24-26(10)11-3-5-12(6-4-11)27-17(18)19/h3-6,13,17,20H,7-9H2,1-2H3. The van der Waals surface area contributed by atoms with Crippen LogP contribution in [0.3, 0.4) is 0 Å².